The zero-order valence-corrected chi connectivity index (χ0v) is 22.9. The molecule has 1 heterocycles. The molecule has 1 aromatic heterocycles. The van der Waals surface area contributed by atoms with Gasteiger partial charge in [-0.2, -0.15) is 0 Å². The summed E-state index contributed by atoms with van der Waals surface area (Å²) in [7, 11) is 3.15. The lowest BCUT2D eigenvalue weighted by atomic mass is 10.1. The third-order valence-electron chi connectivity index (χ3n) is 6.25. The van der Waals surface area contributed by atoms with Gasteiger partial charge in [0.1, 0.15) is 0 Å². The maximum atomic E-state index is 13.3. The van der Waals surface area contributed by atoms with Gasteiger partial charge in [0, 0.05) is 24.2 Å². The summed E-state index contributed by atoms with van der Waals surface area (Å²) in [6.07, 6.45) is 6.90. The van der Waals surface area contributed by atoms with Crippen molar-refractivity contribution < 1.29 is 24.1 Å². The Morgan fingerprint density at radius 1 is 1.11 bits per heavy atom. The van der Waals surface area contributed by atoms with E-state index in [1.807, 2.05) is 6.07 Å². The fraction of sp³-hybridized carbons (Fsp3) is 0.400. The van der Waals surface area contributed by atoms with E-state index >= 15 is 0 Å². The summed E-state index contributed by atoms with van der Waals surface area (Å²) in [5.74, 6) is 0.992. The molecule has 0 fully saturated rings. The molecule has 0 saturated heterocycles. The van der Waals surface area contributed by atoms with Crippen LogP contribution in [-0.2, 0) is 11.8 Å². The van der Waals surface area contributed by atoms with Crippen molar-refractivity contribution in [2.24, 2.45) is 13.0 Å². The van der Waals surface area contributed by atoms with Gasteiger partial charge in [-0.25, -0.2) is 0 Å². The number of nitrogens with zero attached hydrogens (tertiary/aromatic N) is 1. The predicted octanol–water partition coefficient (Wildman–Crippen LogP) is 5.90. The maximum absolute atomic E-state index is 13.3. The van der Waals surface area contributed by atoms with Crippen LogP contribution in [0.4, 0.5) is 5.69 Å². The first-order valence-corrected chi connectivity index (χ1v) is 13.1. The Kier molecular flexibility index (Phi) is 10.2. The number of carbonyl (C=O) groups is 1. The lowest BCUT2D eigenvalue weighted by Gasteiger charge is -2.19. The number of pyridine rings is 1. The zero-order chi connectivity index (χ0) is 27.7. The Balaban J connectivity index is 1.89. The minimum absolute atomic E-state index is 0.0259. The van der Waals surface area contributed by atoms with Gasteiger partial charge >= 0.3 is 0 Å². The number of aromatic nitrogens is 1. The van der Waals surface area contributed by atoms with Crippen molar-refractivity contribution in [1.82, 2.24) is 4.57 Å². The van der Waals surface area contributed by atoms with Crippen molar-refractivity contribution in [2.45, 2.75) is 46.5 Å². The first kappa shape index (κ1) is 28.6. The number of phenolic OH excluding ortho intramolecular Hbond substituents is 1. The third kappa shape index (κ3) is 7.09. The standard InChI is InChI=1S/C30H38N2O6/c1-6-8-16-37-28-23-13-12-22(31-27(34)15-11-21-10-14-25(33)26(17-21)36-5)18-24(23)32(4)30(35)29(28)38-19-20(3)9-7-2/h10-15,17-18,20,33H,6-9,16,19H2,1-5H3,(H,31,34). The normalized spacial score (nSPS) is 12.0. The number of fused-ring (bicyclic) bond motifs is 1. The minimum atomic E-state index is -0.342. The largest absolute Gasteiger partial charge is 0.504 e. The summed E-state index contributed by atoms with van der Waals surface area (Å²) in [4.78, 5) is 25.9. The molecule has 0 aliphatic carbocycles. The summed E-state index contributed by atoms with van der Waals surface area (Å²) in [5.41, 5.74) is 1.58. The van der Waals surface area contributed by atoms with Crippen molar-refractivity contribution in [1.29, 1.82) is 0 Å². The second kappa shape index (κ2) is 13.6. The van der Waals surface area contributed by atoms with Crippen LogP contribution in [-0.4, -0.2) is 35.9 Å². The van der Waals surface area contributed by atoms with Gasteiger partial charge in [0.05, 0.1) is 25.8 Å². The Morgan fingerprint density at radius 3 is 2.61 bits per heavy atom. The molecule has 1 unspecified atom stereocenters. The van der Waals surface area contributed by atoms with Gasteiger partial charge in [-0.05, 0) is 60.7 Å². The number of nitrogens with one attached hydrogen (secondary N) is 1. The number of ether oxygens (including phenoxy) is 3. The van der Waals surface area contributed by atoms with Crippen molar-refractivity contribution in [2.75, 3.05) is 25.6 Å². The van der Waals surface area contributed by atoms with Gasteiger partial charge in [0.2, 0.25) is 11.7 Å². The van der Waals surface area contributed by atoms with Crippen LogP contribution in [0, 0.1) is 5.92 Å². The van der Waals surface area contributed by atoms with E-state index in [4.69, 9.17) is 14.2 Å². The number of anilines is 1. The van der Waals surface area contributed by atoms with Crippen LogP contribution in [0.5, 0.6) is 23.0 Å². The van der Waals surface area contributed by atoms with Crippen LogP contribution >= 0.6 is 0 Å². The Morgan fingerprint density at radius 2 is 1.89 bits per heavy atom. The van der Waals surface area contributed by atoms with E-state index in [0.717, 1.165) is 31.1 Å². The quantitative estimate of drug-likeness (QED) is 0.214. The molecule has 38 heavy (non-hydrogen) atoms. The molecule has 2 N–H and O–H groups in total. The molecule has 1 atom stereocenters. The summed E-state index contributed by atoms with van der Waals surface area (Å²) in [6.45, 7) is 7.23. The number of aryl methyl sites for hydroxylation is 1. The van der Waals surface area contributed by atoms with Gasteiger partial charge in [-0.1, -0.05) is 39.7 Å². The van der Waals surface area contributed by atoms with Gasteiger partial charge in [0.25, 0.3) is 5.56 Å². The fourth-order valence-corrected chi connectivity index (χ4v) is 4.10. The fourth-order valence-electron chi connectivity index (χ4n) is 4.10. The summed E-state index contributed by atoms with van der Waals surface area (Å²) in [5, 5.41) is 13.3. The molecule has 0 bridgehead atoms. The van der Waals surface area contributed by atoms with E-state index in [9.17, 15) is 14.7 Å². The Labute approximate surface area is 223 Å². The Bertz CT molecular complexity index is 1340. The monoisotopic (exact) mass is 522 g/mol. The number of hydrogen-bond donors (Lipinski definition) is 2. The van der Waals surface area contributed by atoms with Crippen LogP contribution in [0.1, 0.15) is 52.0 Å². The smallest absolute Gasteiger partial charge is 0.297 e. The summed E-state index contributed by atoms with van der Waals surface area (Å²) < 4.78 is 18.8. The number of benzene rings is 2. The molecule has 0 aliphatic rings. The molecule has 2 aromatic carbocycles. The molecule has 0 spiro atoms. The highest BCUT2D eigenvalue weighted by Gasteiger charge is 2.20. The van der Waals surface area contributed by atoms with Crippen molar-refractivity contribution in [3.8, 4) is 23.0 Å². The molecule has 204 valence electrons. The molecule has 8 nitrogen and oxygen atoms in total. The van der Waals surface area contributed by atoms with E-state index in [0.29, 0.717) is 47.4 Å². The van der Waals surface area contributed by atoms with Crippen molar-refractivity contribution in [3.05, 3.63) is 58.4 Å². The highest BCUT2D eigenvalue weighted by atomic mass is 16.5. The number of rotatable bonds is 13. The van der Waals surface area contributed by atoms with E-state index in [1.54, 1.807) is 37.4 Å². The zero-order valence-electron chi connectivity index (χ0n) is 22.9. The summed E-state index contributed by atoms with van der Waals surface area (Å²) >= 11 is 0. The first-order chi connectivity index (χ1) is 18.3. The van der Waals surface area contributed by atoms with Crippen molar-refractivity contribution in [3.63, 3.8) is 0 Å². The number of hydrogen-bond acceptors (Lipinski definition) is 6. The summed E-state index contributed by atoms with van der Waals surface area (Å²) in [6, 6.07) is 10.2. The number of amides is 1. The first-order valence-electron chi connectivity index (χ1n) is 13.1. The molecular weight excluding hydrogens is 484 g/mol. The highest BCUT2D eigenvalue weighted by molar-refractivity contribution is 6.03. The number of carbonyl (C=O) groups excluding carboxylic acids is 1. The second-order valence-electron chi connectivity index (χ2n) is 9.42. The molecule has 8 heteroatoms. The van der Waals surface area contributed by atoms with Crippen LogP contribution < -0.4 is 25.1 Å². The number of phenols is 1. The molecule has 1 amide bonds. The minimum Gasteiger partial charge on any atom is -0.504 e. The highest BCUT2D eigenvalue weighted by Crippen LogP contribution is 2.34. The molecule has 0 radical (unpaired) electrons. The molecular formula is C30H38N2O6. The molecule has 0 saturated carbocycles. The number of aromatic hydroxyl groups is 1. The van der Waals surface area contributed by atoms with E-state index in [-0.39, 0.29) is 23.0 Å². The van der Waals surface area contributed by atoms with Gasteiger partial charge in [0.15, 0.2) is 17.2 Å². The average molecular weight is 523 g/mol. The molecule has 3 aromatic rings. The van der Waals surface area contributed by atoms with Gasteiger partial charge in [-0.3, -0.25) is 9.59 Å². The van der Waals surface area contributed by atoms with E-state index < -0.39 is 0 Å². The average Bonchev–Trinajstić information content (AvgIpc) is 2.90. The predicted molar refractivity (Wildman–Crippen MR) is 151 cm³/mol. The maximum Gasteiger partial charge on any atom is 0.297 e. The van der Waals surface area contributed by atoms with Crippen LogP contribution in [0.25, 0.3) is 17.0 Å². The number of unbranched alkanes of at least 4 members (excludes halogenated alkanes) is 1. The van der Waals surface area contributed by atoms with Gasteiger partial charge in [-0.15, -0.1) is 0 Å². The molecule has 0 aliphatic heterocycles. The topological polar surface area (TPSA) is 99.0 Å². The lowest BCUT2D eigenvalue weighted by molar-refractivity contribution is -0.111. The van der Waals surface area contributed by atoms with Crippen LogP contribution in [0.15, 0.2) is 47.3 Å². The van der Waals surface area contributed by atoms with E-state index in [1.165, 1.54) is 23.8 Å². The van der Waals surface area contributed by atoms with Gasteiger partial charge < -0.3 is 29.2 Å². The van der Waals surface area contributed by atoms with Crippen LogP contribution in [0.3, 0.4) is 0 Å². The third-order valence-corrected chi connectivity index (χ3v) is 6.25. The van der Waals surface area contributed by atoms with E-state index in [2.05, 4.69) is 26.1 Å². The Hall–Kier alpha value is -3.94. The second-order valence-corrected chi connectivity index (χ2v) is 9.42. The molecule has 3 rings (SSSR count). The SMILES string of the molecule is CCCCOc1c(OCC(C)CCC)c(=O)n(C)c2cc(NC(=O)C=Cc3ccc(O)c(OC)c3)ccc12. The lowest BCUT2D eigenvalue weighted by Crippen LogP contribution is -2.23. The van der Waals surface area contributed by atoms with Crippen molar-refractivity contribution >= 4 is 28.6 Å². The number of methoxy groups -OCH3 is 1. The van der Waals surface area contributed by atoms with Crippen LogP contribution in [0.2, 0.25) is 0 Å².